The normalized spacial score (nSPS) is 12.2. The van der Waals surface area contributed by atoms with Crippen LogP contribution in [0.25, 0.3) is 103 Å². The average Bonchev–Trinajstić information content (AvgIpc) is 1.89. The highest BCUT2D eigenvalue weighted by molar-refractivity contribution is 9.10. The highest BCUT2D eigenvalue weighted by Gasteiger charge is 2.31. The molecule has 0 aliphatic rings. The Kier molecular flexibility index (Phi) is 18.2. The Morgan fingerprint density at radius 1 is 0.404 bits per heavy atom. The molecule has 25 heteroatoms. The smallest absolute Gasteiger partial charge is 0.406 e. The molecule has 89 heavy (non-hydrogen) atoms. The van der Waals surface area contributed by atoms with Crippen molar-refractivity contribution in [3.8, 4) is 39.1 Å². The molecule has 0 aliphatic carbocycles. The number of nitrogens with zero attached hydrogens (tertiary/aromatic N) is 3. The molecule has 9 aromatic carbocycles. The maximum absolute atomic E-state index is 13.3. The van der Waals surface area contributed by atoms with Crippen molar-refractivity contribution in [3.63, 3.8) is 0 Å². The number of ether oxygens (including phenoxy) is 1. The maximum Gasteiger partial charge on any atom is 0.573 e. The molecule has 0 fully saturated rings. The van der Waals surface area contributed by atoms with Crippen LogP contribution in [0.5, 0.6) is 5.75 Å². The number of benzene rings is 9. The monoisotopic (exact) mass is 1320 g/mol. The summed E-state index contributed by atoms with van der Waals surface area (Å²) in [5.41, 5.74) is 9.73. The summed E-state index contributed by atoms with van der Waals surface area (Å²) < 4.78 is 140. The zero-order valence-electron chi connectivity index (χ0n) is 45.9. The van der Waals surface area contributed by atoms with Gasteiger partial charge in [0.05, 0.1) is 47.8 Å². The molecule has 12 rings (SSSR count). The molecular formula is C64H47BrF5N9O7S3. The molecule has 0 unspecified atom stereocenters. The van der Waals surface area contributed by atoms with Crippen molar-refractivity contribution in [1.82, 2.24) is 29.9 Å². The lowest BCUT2D eigenvalue weighted by molar-refractivity contribution is -0.274. The number of fused-ring (bicyclic) bond motifs is 3. The minimum absolute atomic E-state index is 0.0138. The van der Waals surface area contributed by atoms with Gasteiger partial charge in [0.25, 0.3) is 0 Å². The Morgan fingerprint density at radius 2 is 0.775 bits per heavy atom. The minimum atomic E-state index is -4.76. The molecule has 450 valence electrons. The van der Waals surface area contributed by atoms with Crippen LogP contribution in [0.2, 0.25) is 0 Å². The summed E-state index contributed by atoms with van der Waals surface area (Å²) in [5.74, 6) is 0.0395. The molecule has 0 atom stereocenters. The third-order valence-electron chi connectivity index (χ3n) is 13.2. The molecule has 12 aromatic rings. The molecule has 0 radical (unpaired) electrons. The Morgan fingerprint density at radius 3 is 1.16 bits per heavy atom. The van der Waals surface area contributed by atoms with Gasteiger partial charge in [-0.1, -0.05) is 131 Å². The van der Waals surface area contributed by atoms with Gasteiger partial charge in [-0.3, -0.25) is 0 Å². The van der Waals surface area contributed by atoms with E-state index in [1.54, 1.807) is 121 Å². The topological polar surface area (TPSA) is 276 Å². The van der Waals surface area contributed by atoms with Gasteiger partial charge in [-0.15, -0.1) is 13.2 Å². The first-order chi connectivity index (χ1) is 42.3. The van der Waals surface area contributed by atoms with Crippen LogP contribution in [0.4, 0.5) is 22.0 Å². The number of rotatable bonds is 13. The van der Waals surface area contributed by atoms with Crippen LogP contribution in [0.1, 0.15) is 34.2 Å². The van der Waals surface area contributed by atoms with Gasteiger partial charge in [-0.25, -0.2) is 64.4 Å². The molecule has 0 spiro atoms. The summed E-state index contributed by atoms with van der Waals surface area (Å²) in [6, 6.07) is 52.4. The van der Waals surface area contributed by atoms with Crippen molar-refractivity contribution in [2.24, 2.45) is 15.4 Å². The van der Waals surface area contributed by atoms with Crippen molar-refractivity contribution >= 4 is 116 Å². The predicted molar refractivity (Wildman–Crippen MR) is 339 cm³/mol. The lowest BCUT2D eigenvalue weighted by Gasteiger charge is -2.08. The first-order valence-electron chi connectivity index (χ1n) is 26.3. The lowest BCUT2D eigenvalue weighted by atomic mass is 10.1. The second-order valence-electron chi connectivity index (χ2n) is 19.6. The van der Waals surface area contributed by atoms with E-state index < -0.39 is 48.1 Å². The van der Waals surface area contributed by atoms with Gasteiger partial charge >= 0.3 is 6.36 Å². The lowest BCUT2D eigenvalue weighted by Crippen LogP contribution is -2.17. The third kappa shape index (κ3) is 16.1. The third-order valence-corrected chi connectivity index (χ3v) is 16.6. The van der Waals surface area contributed by atoms with Crippen molar-refractivity contribution in [2.45, 2.75) is 21.0 Å². The van der Waals surface area contributed by atoms with E-state index >= 15 is 0 Å². The van der Waals surface area contributed by atoms with E-state index in [0.717, 1.165) is 38.5 Å². The number of hydrogen-bond donors (Lipinski definition) is 6. The Balaban J connectivity index is 0.000000147. The number of H-pyrrole nitrogens is 3. The average molecular weight is 1330 g/mol. The Bertz CT molecular complexity index is 5070. The molecule has 0 amide bonds. The molecule has 0 saturated heterocycles. The number of imidazole rings is 3. The summed E-state index contributed by atoms with van der Waals surface area (Å²) in [4.78, 5) is 23.0. The van der Waals surface area contributed by atoms with Crippen LogP contribution in [-0.2, 0) is 30.1 Å². The first-order valence-corrected chi connectivity index (χ1v) is 31.7. The fourth-order valence-electron chi connectivity index (χ4n) is 9.27. The van der Waals surface area contributed by atoms with E-state index in [-0.39, 0.29) is 20.4 Å². The SMILES string of the molecule is NS(=O)(=O)c1ccccc1-c1ccc2nc(/C=C/c3cc(F)cc(F)c3)[nH]c2c1.NS(=O)(=O)c1ccccc1-c1ccc2nc(/C=C/c3ccc(Br)cc3)[nH]c2c1.NS(=O)(=O)c1ccccc1-c1ccc2nc(/C=C/c3cccc(OC(F)(F)F)c3)[nH]c2c1. The van der Waals surface area contributed by atoms with Gasteiger partial charge < -0.3 is 19.7 Å². The van der Waals surface area contributed by atoms with E-state index in [0.29, 0.717) is 72.7 Å². The van der Waals surface area contributed by atoms with Crippen molar-refractivity contribution < 1.29 is 51.9 Å². The predicted octanol–water partition coefficient (Wildman–Crippen LogP) is 14.1. The van der Waals surface area contributed by atoms with Gasteiger partial charge in [0.15, 0.2) is 0 Å². The number of alkyl halides is 3. The molecule has 0 aliphatic heterocycles. The fraction of sp³-hybridized carbons (Fsp3) is 0.0156. The standard InChI is InChI=1S/C22H16F3N3O3S.C21H16BrN3O2S.C21H15F2N3O2S/c23-22(24,25)31-16-5-3-4-14(12-16)8-11-21-27-18-10-9-15(13-19(18)28-21)17-6-1-2-7-20(17)32(26,29)30;22-16-9-5-14(6-10-16)7-12-21-24-18-11-8-15(13-19(18)25-21)17-3-1-2-4-20(17)28(23,26)27;22-15-9-13(10-16(23)12-15)5-8-21-25-18-7-6-14(11-19(18)26-21)17-3-1-2-4-20(17)29(24,27)28/h1-13H,(H,27,28)(H2,26,29,30);1-13H,(H,24,25)(H2,23,26,27);1-12H,(H,25,26)(H2,24,27,28)/b11-8+;12-7+;8-5+. The van der Waals surface area contributed by atoms with E-state index in [9.17, 15) is 47.2 Å². The quantitative estimate of drug-likeness (QED) is 0.0594. The second-order valence-corrected chi connectivity index (χ2v) is 25.1. The van der Waals surface area contributed by atoms with E-state index in [4.69, 9.17) is 15.4 Å². The number of nitrogens with one attached hydrogen (secondary N) is 3. The van der Waals surface area contributed by atoms with Crippen molar-refractivity contribution in [1.29, 1.82) is 0 Å². The van der Waals surface area contributed by atoms with Crippen LogP contribution >= 0.6 is 15.9 Å². The van der Waals surface area contributed by atoms with Gasteiger partial charge in [-0.2, -0.15) is 0 Å². The summed E-state index contributed by atoms with van der Waals surface area (Å²) in [7, 11) is -11.6. The zero-order chi connectivity index (χ0) is 63.3. The van der Waals surface area contributed by atoms with Crippen LogP contribution < -0.4 is 20.2 Å². The van der Waals surface area contributed by atoms with Crippen molar-refractivity contribution in [3.05, 3.63) is 244 Å². The highest BCUT2D eigenvalue weighted by Crippen LogP contribution is 2.33. The minimum Gasteiger partial charge on any atom is -0.406 e. The van der Waals surface area contributed by atoms with E-state index in [1.165, 1.54) is 48.5 Å². The summed E-state index contributed by atoms with van der Waals surface area (Å²) in [6.07, 6.45) is 5.47. The molecule has 0 bridgehead atoms. The molecule has 9 N–H and O–H groups in total. The largest absolute Gasteiger partial charge is 0.573 e. The number of sulfonamides is 3. The summed E-state index contributed by atoms with van der Waals surface area (Å²) in [6.45, 7) is 0. The van der Waals surface area contributed by atoms with Crippen LogP contribution in [0, 0.1) is 11.6 Å². The number of nitrogens with two attached hydrogens (primary N) is 3. The van der Waals surface area contributed by atoms with Crippen LogP contribution in [0.15, 0.2) is 213 Å². The Hall–Kier alpha value is -9.73. The molecular weight excluding hydrogens is 1280 g/mol. The van der Waals surface area contributed by atoms with E-state index in [2.05, 4.69) is 50.6 Å². The van der Waals surface area contributed by atoms with Gasteiger partial charge in [0.1, 0.15) is 34.9 Å². The molecule has 3 heterocycles. The molecule has 3 aromatic heterocycles. The summed E-state index contributed by atoms with van der Waals surface area (Å²) in [5, 5.41) is 16.0. The fourth-order valence-corrected chi connectivity index (χ4v) is 11.8. The number of hydrogen-bond acceptors (Lipinski definition) is 10. The van der Waals surface area contributed by atoms with Crippen LogP contribution in [-0.4, -0.2) is 61.5 Å². The van der Waals surface area contributed by atoms with E-state index in [1.807, 2.05) is 54.6 Å². The Labute approximate surface area is 514 Å². The maximum atomic E-state index is 13.3. The number of aromatic amines is 3. The number of aromatic nitrogens is 6. The summed E-state index contributed by atoms with van der Waals surface area (Å²) >= 11 is 3.42. The highest BCUT2D eigenvalue weighted by atomic mass is 79.9. The van der Waals surface area contributed by atoms with Gasteiger partial charge in [-0.05, 0) is 143 Å². The number of halogens is 6. The first kappa shape index (κ1) is 62.3. The number of primary sulfonamides is 3. The van der Waals surface area contributed by atoms with Gasteiger partial charge in [0.2, 0.25) is 30.1 Å². The van der Waals surface area contributed by atoms with Crippen LogP contribution in [0.3, 0.4) is 0 Å². The molecule has 0 saturated carbocycles. The van der Waals surface area contributed by atoms with Crippen molar-refractivity contribution in [2.75, 3.05) is 0 Å². The second kappa shape index (κ2) is 25.9. The zero-order valence-corrected chi connectivity index (χ0v) is 49.9. The van der Waals surface area contributed by atoms with Gasteiger partial charge in [0, 0.05) is 27.2 Å². The molecule has 16 nitrogen and oxygen atoms in total.